The lowest BCUT2D eigenvalue weighted by molar-refractivity contribution is 0.0600. The summed E-state index contributed by atoms with van der Waals surface area (Å²) in [5, 5.41) is 3.07. The highest BCUT2D eigenvalue weighted by molar-refractivity contribution is 6.66. The van der Waals surface area contributed by atoms with E-state index in [-0.39, 0.29) is 5.78 Å². The second-order valence-corrected chi connectivity index (χ2v) is 9.67. The number of anilines is 1. The van der Waals surface area contributed by atoms with Gasteiger partial charge in [-0.2, -0.15) is 0 Å². The lowest BCUT2D eigenvalue weighted by Crippen LogP contribution is -2.21. The van der Waals surface area contributed by atoms with Crippen LogP contribution in [0.25, 0.3) is 28.4 Å². The van der Waals surface area contributed by atoms with E-state index >= 15 is 0 Å². The second-order valence-electron chi connectivity index (χ2n) is 7.49. The van der Waals surface area contributed by atoms with Gasteiger partial charge in [-0.25, -0.2) is 19.6 Å². The topological polar surface area (TPSA) is 123 Å². The van der Waals surface area contributed by atoms with Crippen molar-refractivity contribution in [3.63, 3.8) is 0 Å². The fraction of sp³-hybridized carbons (Fsp3) is 0.0800. The molecule has 0 bridgehead atoms. The summed E-state index contributed by atoms with van der Waals surface area (Å²) in [5.41, 5.74) is 2.89. The minimum atomic E-state index is -2.19. The molecular weight excluding hydrogens is 543 g/mol. The quantitative estimate of drug-likeness (QED) is 0.125. The second kappa shape index (κ2) is 11.0. The highest BCUT2D eigenvalue weighted by Gasteiger charge is 2.25. The molecule has 0 radical (unpaired) electrons. The molecule has 2 N–H and O–H groups in total. The van der Waals surface area contributed by atoms with E-state index in [1.165, 1.54) is 37.5 Å². The van der Waals surface area contributed by atoms with E-state index in [2.05, 4.69) is 25.0 Å². The Morgan fingerprint density at radius 2 is 1.76 bits per heavy atom. The molecule has 0 saturated carbocycles. The molecule has 2 aromatic heterocycles. The molecule has 0 saturated heterocycles. The average molecular weight is 560 g/mol. The molecule has 2 heterocycles. The zero-order valence-electron chi connectivity index (χ0n) is 19.0. The number of carbonyl (C=O) groups excluding carboxylic acids is 3. The van der Waals surface area contributed by atoms with Gasteiger partial charge in [-0.05, 0) is 95.5 Å². The Kier molecular flexibility index (Phi) is 7.77. The van der Waals surface area contributed by atoms with Crippen LogP contribution < -0.4 is 5.32 Å². The maximum Gasteiger partial charge on any atom is 0.415 e. The van der Waals surface area contributed by atoms with Gasteiger partial charge in [0.25, 0.3) is 0 Å². The van der Waals surface area contributed by atoms with Gasteiger partial charge >= 0.3 is 16.0 Å². The van der Waals surface area contributed by atoms with Crippen molar-refractivity contribution in [3.05, 3.63) is 83.8 Å². The standard InChI is InChI=1S/C25H17Cl3N4O5/c1-36-23(34)15-4-8-20-18(12-15)19(22-29-10-11-30-22)13-17(31-20)7-9-21(33)14-2-5-16(6-3-14)32-24(35)37-25(26,27)28/h2-13H,1H3,(H,29,30)(H,32,35). The van der Waals surface area contributed by atoms with E-state index < -0.39 is 16.0 Å². The minimum absolute atomic E-state index is 0.294. The highest BCUT2D eigenvalue weighted by Crippen LogP contribution is 2.29. The molecule has 0 unspecified atom stereocenters. The molecule has 12 heteroatoms. The normalized spacial score (nSPS) is 11.5. The van der Waals surface area contributed by atoms with Crippen molar-refractivity contribution in [2.24, 2.45) is 0 Å². The Morgan fingerprint density at radius 3 is 2.41 bits per heavy atom. The van der Waals surface area contributed by atoms with Crippen LogP contribution in [0.2, 0.25) is 0 Å². The summed E-state index contributed by atoms with van der Waals surface area (Å²) in [6.45, 7) is 0. The van der Waals surface area contributed by atoms with E-state index in [0.29, 0.717) is 44.8 Å². The van der Waals surface area contributed by atoms with Crippen molar-refractivity contribution in [3.8, 4) is 11.4 Å². The lowest BCUT2D eigenvalue weighted by atomic mass is 10.0. The number of rotatable bonds is 6. The molecule has 37 heavy (non-hydrogen) atoms. The number of aromatic amines is 1. The van der Waals surface area contributed by atoms with E-state index in [1.807, 2.05) is 0 Å². The summed E-state index contributed by atoms with van der Waals surface area (Å²) in [4.78, 5) is 48.4. The number of esters is 1. The first kappa shape index (κ1) is 26.2. The third-order valence-electron chi connectivity index (χ3n) is 5.03. The molecule has 0 aliphatic rings. The van der Waals surface area contributed by atoms with Crippen LogP contribution in [0.3, 0.4) is 0 Å². The predicted molar refractivity (Wildman–Crippen MR) is 141 cm³/mol. The van der Waals surface area contributed by atoms with Crippen molar-refractivity contribution in [2.75, 3.05) is 12.4 Å². The Balaban J connectivity index is 1.57. The van der Waals surface area contributed by atoms with Crippen LogP contribution in [0.4, 0.5) is 10.5 Å². The van der Waals surface area contributed by atoms with Crippen LogP contribution in [-0.4, -0.2) is 43.9 Å². The van der Waals surface area contributed by atoms with Gasteiger partial charge in [0.2, 0.25) is 0 Å². The molecule has 0 spiro atoms. The third-order valence-corrected chi connectivity index (χ3v) is 5.26. The van der Waals surface area contributed by atoms with Crippen molar-refractivity contribution in [2.45, 2.75) is 3.98 Å². The Bertz CT molecular complexity index is 1500. The van der Waals surface area contributed by atoms with Gasteiger partial charge in [-0.1, -0.05) is 0 Å². The van der Waals surface area contributed by atoms with Crippen molar-refractivity contribution < 1.29 is 23.9 Å². The number of imidazole rings is 1. The zero-order chi connectivity index (χ0) is 26.6. The van der Waals surface area contributed by atoms with Crippen LogP contribution >= 0.6 is 34.8 Å². The van der Waals surface area contributed by atoms with Gasteiger partial charge in [-0.15, -0.1) is 0 Å². The van der Waals surface area contributed by atoms with Gasteiger partial charge in [0.05, 0.1) is 23.9 Å². The van der Waals surface area contributed by atoms with Crippen LogP contribution in [0, 0.1) is 0 Å². The number of nitrogens with one attached hydrogen (secondary N) is 2. The first-order valence-electron chi connectivity index (χ1n) is 10.5. The summed E-state index contributed by atoms with van der Waals surface area (Å²) in [5.74, 6) is -0.185. The van der Waals surface area contributed by atoms with E-state index in [1.54, 1.807) is 42.7 Å². The number of allylic oxidation sites excluding steroid dienone is 1. The summed E-state index contributed by atoms with van der Waals surface area (Å²) in [7, 11) is 1.31. The molecule has 4 aromatic rings. The number of methoxy groups -OCH3 is 1. The number of hydrogen-bond acceptors (Lipinski definition) is 7. The summed E-state index contributed by atoms with van der Waals surface area (Å²) < 4.78 is 7.15. The number of fused-ring (bicyclic) bond motifs is 1. The molecule has 1 amide bonds. The predicted octanol–water partition coefficient (Wildman–Crippen LogP) is 6.18. The van der Waals surface area contributed by atoms with Gasteiger partial charge in [-0.3, -0.25) is 10.1 Å². The molecular formula is C25H17Cl3N4O5. The lowest BCUT2D eigenvalue weighted by Gasteiger charge is -2.12. The molecule has 2 aromatic carbocycles. The molecule has 0 aliphatic carbocycles. The van der Waals surface area contributed by atoms with Crippen molar-refractivity contribution >= 4 is 75.3 Å². The molecule has 9 nitrogen and oxygen atoms in total. The SMILES string of the molecule is COC(=O)c1ccc2nc(C=CC(=O)c3ccc(NC(=O)OC(Cl)(Cl)Cl)cc3)cc(-c3ncc[nH]3)c2c1. The van der Waals surface area contributed by atoms with E-state index in [9.17, 15) is 14.4 Å². The fourth-order valence-electron chi connectivity index (χ4n) is 3.41. The number of ether oxygens (including phenoxy) is 2. The van der Waals surface area contributed by atoms with E-state index in [0.717, 1.165) is 0 Å². The highest BCUT2D eigenvalue weighted by atomic mass is 35.6. The van der Waals surface area contributed by atoms with Crippen molar-refractivity contribution in [1.29, 1.82) is 0 Å². The molecule has 188 valence electrons. The van der Waals surface area contributed by atoms with Gasteiger partial charge in [0, 0.05) is 34.6 Å². The first-order chi connectivity index (χ1) is 17.6. The average Bonchev–Trinajstić information content (AvgIpc) is 3.40. The Hall–Kier alpha value is -3.92. The number of nitrogens with zero attached hydrogens (tertiary/aromatic N) is 2. The molecule has 4 rings (SSSR count). The molecule has 0 fully saturated rings. The maximum atomic E-state index is 12.7. The minimum Gasteiger partial charge on any atom is -0.465 e. The number of alkyl halides is 3. The van der Waals surface area contributed by atoms with Crippen LogP contribution in [0.1, 0.15) is 26.4 Å². The van der Waals surface area contributed by atoms with Crippen molar-refractivity contribution in [1.82, 2.24) is 15.0 Å². The fourth-order valence-corrected chi connectivity index (χ4v) is 3.62. The number of amides is 1. The zero-order valence-corrected chi connectivity index (χ0v) is 21.3. The van der Waals surface area contributed by atoms with Crippen LogP contribution in [0.5, 0.6) is 0 Å². The number of carbonyl (C=O) groups is 3. The van der Waals surface area contributed by atoms with Gasteiger partial charge in [0.1, 0.15) is 5.82 Å². The number of pyridine rings is 1. The van der Waals surface area contributed by atoms with Crippen LogP contribution in [-0.2, 0) is 9.47 Å². The summed E-state index contributed by atoms with van der Waals surface area (Å²) in [6.07, 6.45) is 5.28. The number of hydrogen-bond donors (Lipinski definition) is 2. The monoisotopic (exact) mass is 558 g/mol. The summed E-state index contributed by atoms with van der Waals surface area (Å²) >= 11 is 16.2. The molecule has 0 aliphatic heterocycles. The third kappa shape index (κ3) is 6.65. The number of H-pyrrole nitrogens is 1. The largest absolute Gasteiger partial charge is 0.465 e. The smallest absolute Gasteiger partial charge is 0.415 e. The van der Waals surface area contributed by atoms with Gasteiger partial charge in [0.15, 0.2) is 5.78 Å². The Morgan fingerprint density at radius 1 is 1.03 bits per heavy atom. The summed E-state index contributed by atoms with van der Waals surface area (Å²) in [6, 6.07) is 12.8. The Labute approximate surface area is 225 Å². The van der Waals surface area contributed by atoms with Crippen LogP contribution in [0.15, 0.2) is 67.0 Å². The molecule has 0 atom stereocenters. The maximum absolute atomic E-state index is 12.7. The number of halogens is 3. The number of benzene rings is 2. The first-order valence-corrected chi connectivity index (χ1v) is 11.7. The number of aromatic nitrogens is 3. The number of ketones is 1. The van der Waals surface area contributed by atoms with E-state index in [4.69, 9.17) is 39.5 Å². The van der Waals surface area contributed by atoms with Gasteiger partial charge < -0.3 is 14.5 Å².